The van der Waals surface area contributed by atoms with Crippen LogP contribution in [0, 0.1) is 0 Å². The van der Waals surface area contributed by atoms with Crippen LogP contribution in [0.2, 0.25) is 5.02 Å². The highest BCUT2D eigenvalue weighted by molar-refractivity contribution is 6.31. The molecule has 0 aromatic heterocycles. The number of halogens is 1. The fourth-order valence-corrected chi connectivity index (χ4v) is 2.17. The van der Waals surface area contributed by atoms with Gasteiger partial charge in [0.05, 0.1) is 12.7 Å². The molecule has 88 valence electrons. The van der Waals surface area contributed by atoms with Crippen LogP contribution in [-0.2, 0) is 11.3 Å². The van der Waals surface area contributed by atoms with E-state index >= 15 is 0 Å². The van der Waals surface area contributed by atoms with Crippen molar-refractivity contribution in [3.05, 3.63) is 34.9 Å². The Hall–Kier alpha value is -0.570. The molecule has 1 fully saturated rings. The Labute approximate surface area is 102 Å². The van der Waals surface area contributed by atoms with Crippen LogP contribution in [0.5, 0.6) is 0 Å². The summed E-state index contributed by atoms with van der Waals surface area (Å²) in [6, 6.07) is 7.88. The van der Waals surface area contributed by atoms with Gasteiger partial charge in [0.15, 0.2) is 0 Å². The summed E-state index contributed by atoms with van der Waals surface area (Å²) in [6.45, 7) is 2.81. The molecule has 0 saturated carbocycles. The lowest BCUT2D eigenvalue weighted by Crippen LogP contribution is -2.17. The van der Waals surface area contributed by atoms with Gasteiger partial charge in [0.2, 0.25) is 0 Å². The molecule has 0 bridgehead atoms. The molecule has 1 aromatic rings. The first-order chi connectivity index (χ1) is 7.86. The maximum Gasteiger partial charge on any atom is 0.0735 e. The van der Waals surface area contributed by atoms with Crippen LogP contribution in [0.1, 0.15) is 24.8 Å². The lowest BCUT2D eigenvalue weighted by Gasteiger charge is -2.15. The second kappa shape index (κ2) is 6.24. The molecule has 1 aliphatic heterocycles. The van der Waals surface area contributed by atoms with Gasteiger partial charge >= 0.3 is 0 Å². The normalized spacial score (nSPS) is 21.7. The van der Waals surface area contributed by atoms with Gasteiger partial charge in [0, 0.05) is 5.02 Å². The van der Waals surface area contributed by atoms with E-state index in [9.17, 15) is 0 Å². The fourth-order valence-electron chi connectivity index (χ4n) is 1.98. The van der Waals surface area contributed by atoms with Gasteiger partial charge in [-0.1, -0.05) is 29.8 Å². The van der Waals surface area contributed by atoms with Gasteiger partial charge in [0.25, 0.3) is 0 Å². The van der Waals surface area contributed by atoms with E-state index in [-0.39, 0.29) is 0 Å². The van der Waals surface area contributed by atoms with Crippen LogP contribution in [0.25, 0.3) is 0 Å². The van der Waals surface area contributed by atoms with Gasteiger partial charge in [-0.05, 0) is 44.0 Å². The third kappa shape index (κ3) is 3.48. The molecule has 2 nitrogen and oxygen atoms in total. The third-order valence-corrected chi connectivity index (χ3v) is 3.32. The number of ether oxygens (including phenoxy) is 1. The van der Waals surface area contributed by atoms with Crippen molar-refractivity contribution in [2.75, 3.05) is 13.1 Å². The fraction of sp³-hybridized carbons (Fsp3) is 0.538. The standard InChI is InChI=1S/C13H18ClNO/c14-13-6-2-1-4-11(13)10-16-12-5-3-8-15-9-7-12/h1-2,4,6,12,15H,3,5,7-10H2. The molecule has 1 aromatic carbocycles. The number of benzene rings is 1. The Morgan fingerprint density at radius 1 is 1.25 bits per heavy atom. The average molecular weight is 240 g/mol. The van der Waals surface area contributed by atoms with Crippen LogP contribution in [-0.4, -0.2) is 19.2 Å². The van der Waals surface area contributed by atoms with Crippen LogP contribution < -0.4 is 5.32 Å². The smallest absolute Gasteiger partial charge is 0.0735 e. The molecular weight excluding hydrogens is 222 g/mol. The molecule has 1 aliphatic rings. The van der Waals surface area contributed by atoms with E-state index in [2.05, 4.69) is 5.32 Å². The van der Waals surface area contributed by atoms with E-state index in [1.165, 1.54) is 6.42 Å². The van der Waals surface area contributed by atoms with Gasteiger partial charge in [0.1, 0.15) is 0 Å². The summed E-state index contributed by atoms with van der Waals surface area (Å²) in [5, 5.41) is 4.18. The molecule has 16 heavy (non-hydrogen) atoms. The molecule has 3 heteroatoms. The minimum absolute atomic E-state index is 0.381. The Bertz CT molecular complexity index is 321. The molecule has 1 atom stereocenters. The van der Waals surface area contributed by atoms with Gasteiger partial charge in [-0.3, -0.25) is 0 Å². The summed E-state index contributed by atoms with van der Waals surface area (Å²) >= 11 is 6.08. The third-order valence-electron chi connectivity index (χ3n) is 2.96. The molecule has 0 spiro atoms. The quantitative estimate of drug-likeness (QED) is 0.876. The van der Waals surface area contributed by atoms with E-state index in [0.29, 0.717) is 12.7 Å². The highest BCUT2D eigenvalue weighted by Crippen LogP contribution is 2.18. The second-order valence-electron chi connectivity index (χ2n) is 4.21. The SMILES string of the molecule is Clc1ccccc1COC1CCCNCC1. The van der Waals surface area contributed by atoms with Crippen LogP contribution in [0.3, 0.4) is 0 Å². The zero-order valence-corrected chi connectivity index (χ0v) is 10.2. The lowest BCUT2D eigenvalue weighted by molar-refractivity contribution is 0.0331. The van der Waals surface area contributed by atoms with Crippen LogP contribution in [0.15, 0.2) is 24.3 Å². The summed E-state index contributed by atoms with van der Waals surface area (Å²) in [4.78, 5) is 0. The molecule has 1 unspecified atom stereocenters. The van der Waals surface area contributed by atoms with Gasteiger partial charge in [-0.2, -0.15) is 0 Å². The minimum Gasteiger partial charge on any atom is -0.373 e. The zero-order chi connectivity index (χ0) is 11.2. The molecule has 0 amide bonds. The summed E-state index contributed by atoms with van der Waals surface area (Å²) < 4.78 is 5.91. The van der Waals surface area contributed by atoms with Crippen molar-refractivity contribution in [3.63, 3.8) is 0 Å². The molecule has 1 N–H and O–H groups in total. The first-order valence-electron chi connectivity index (χ1n) is 5.92. The lowest BCUT2D eigenvalue weighted by atomic mass is 10.1. The molecule has 0 aliphatic carbocycles. The van der Waals surface area contributed by atoms with Crippen LogP contribution in [0.4, 0.5) is 0 Å². The van der Waals surface area contributed by atoms with Crippen molar-refractivity contribution in [2.24, 2.45) is 0 Å². The molecule has 0 radical (unpaired) electrons. The van der Waals surface area contributed by atoms with E-state index in [4.69, 9.17) is 16.3 Å². The predicted molar refractivity (Wildman–Crippen MR) is 66.7 cm³/mol. The van der Waals surface area contributed by atoms with E-state index in [0.717, 1.165) is 36.5 Å². The maximum atomic E-state index is 6.08. The largest absolute Gasteiger partial charge is 0.373 e. The zero-order valence-electron chi connectivity index (χ0n) is 9.42. The Morgan fingerprint density at radius 3 is 3.00 bits per heavy atom. The highest BCUT2D eigenvalue weighted by Gasteiger charge is 2.12. The van der Waals surface area contributed by atoms with E-state index in [1.54, 1.807) is 0 Å². The highest BCUT2D eigenvalue weighted by atomic mass is 35.5. The molecular formula is C13H18ClNO. The maximum absolute atomic E-state index is 6.08. The van der Waals surface area contributed by atoms with Crippen molar-refractivity contribution in [1.82, 2.24) is 5.32 Å². The van der Waals surface area contributed by atoms with Crippen molar-refractivity contribution in [3.8, 4) is 0 Å². The topological polar surface area (TPSA) is 21.3 Å². The number of hydrogen-bond acceptors (Lipinski definition) is 2. The minimum atomic E-state index is 0.381. The summed E-state index contributed by atoms with van der Waals surface area (Å²) in [7, 11) is 0. The Kier molecular flexibility index (Phi) is 4.64. The van der Waals surface area contributed by atoms with Gasteiger partial charge in [-0.15, -0.1) is 0 Å². The number of hydrogen-bond donors (Lipinski definition) is 1. The van der Waals surface area contributed by atoms with E-state index in [1.807, 2.05) is 24.3 Å². The van der Waals surface area contributed by atoms with Crippen molar-refractivity contribution in [1.29, 1.82) is 0 Å². The van der Waals surface area contributed by atoms with Crippen molar-refractivity contribution >= 4 is 11.6 Å². The predicted octanol–water partition coefficient (Wildman–Crippen LogP) is 3.00. The Balaban J connectivity index is 1.84. The summed E-state index contributed by atoms with van der Waals surface area (Å²) in [6.07, 6.45) is 3.83. The van der Waals surface area contributed by atoms with Crippen LogP contribution >= 0.6 is 11.6 Å². The monoisotopic (exact) mass is 239 g/mol. The Morgan fingerprint density at radius 2 is 2.12 bits per heavy atom. The van der Waals surface area contributed by atoms with E-state index < -0.39 is 0 Å². The van der Waals surface area contributed by atoms with Gasteiger partial charge < -0.3 is 10.1 Å². The number of nitrogens with one attached hydrogen (secondary N) is 1. The molecule has 1 heterocycles. The van der Waals surface area contributed by atoms with Gasteiger partial charge in [-0.25, -0.2) is 0 Å². The summed E-state index contributed by atoms with van der Waals surface area (Å²) in [5.41, 5.74) is 1.08. The number of rotatable bonds is 3. The first kappa shape index (κ1) is 11.9. The van der Waals surface area contributed by atoms with Crippen molar-refractivity contribution < 1.29 is 4.74 Å². The summed E-state index contributed by atoms with van der Waals surface area (Å²) in [5.74, 6) is 0. The molecule has 2 rings (SSSR count). The second-order valence-corrected chi connectivity index (χ2v) is 4.61. The average Bonchev–Trinajstić information content (AvgIpc) is 2.56. The van der Waals surface area contributed by atoms with Crippen molar-refractivity contribution in [2.45, 2.75) is 32.0 Å². The molecule has 1 saturated heterocycles. The first-order valence-corrected chi connectivity index (χ1v) is 6.30.